The molecule has 16 nitrogen and oxygen atoms in total. The summed E-state index contributed by atoms with van der Waals surface area (Å²) < 4.78 is 66.3. The molecule has 296 valence electrons. The third-order valence-corrected chi connectivity index (χ3v) is 10.8. The van der Waals surface area contributed by atoms with Crippen LogP contribution in [0.25, 0.3) is 5.82 Å². The van der Waals surface area contributed by atoms with Crippen molar-refractivity contribution in [2.75, 3.05) is 16.7 Å². The van der Waals surface area contributed by atoms with E-state index >= 15 is 8.78 Å². The van der Waals surface area contributed by atoms with Crippen LogP contribution in [0, 0.1) is 25.5 Å². The monoisotopic (exact) mass is 795 g/mol. The number of carbonyl (C=O) groups excluding carboxylic acids is 4. The Labute approximate surface area is 319 Å². The number of amides is 4. The second kappa shape index (κ2) is 15.1. The van der Waals surface area contributed by atoms with E-state index in [0.29, 0.717) is 29.0 Å². The smallest absolute Gasteiger partial charge is 0.336 e. The van der Waals surface area contributed by atoms with E-state index in [-0.39, 0.29) is 17.9 Å². The molecule has 0 saturated carbocycles. The third kappa shape index (κ3) is 7.66. The minimum absolute atomic E-state index is 0.00489. The second-order valence-electron chi connectivity index (χ2n) is 13.9. The molecule has 0 aliphatic carbocycles. The van der Waals surface area contributed by atoms with Gasteiger partial charge in [-0.05, 0) is 83.5 Å². The molecular formula is C37H39F2N7O9S. The maximum Gasteiger partial charge on any atom is 0.336 e. The third-order valence-electron chi connectivity index (χ3n) is 9.46. The highest BCUT2D eigenvalue weighted by molar-refractivity contribution is 7.92. The fourth-order valence-electron chi connectivity index (χ4n) is 5.70. The molecule has 19 heteroatoms. The highest BCUT2D eigenvalue weighted by atomic mass is 32.2. The minimum Gasteiger partial charge on any atom is -0.461 e. The molecule has 4 amide bonds. The Balaban J connectivity index is 1.34. The Hall–Kier alpha value is -6.24. The van der Waals surface area contributed by atoms with Gasteiger partial charge in [-0.25, -0.2) is 46.0 Å². The van der Waals surface area contributed by atoms with Crippen molar-refractivity contribution in [1.82, 2.24) is 24.3 Å². The second-order valence-corrected chi connectivity index (χ2v) is 15.6. The fraction of sp³-hybridized carbons (Fsp3) is 0.324. The number of rotatable bonds is 11. The average molecular weight is 796 g/mol. The highest BCUT2D eigenvalue weighted by Gasteiger charge is 2.50. The molecule has 5 rings (SSSR count). The maximum atomic E-state index is 15.4. The number of pyridine rings is 1. The van der Waals surface area contributed by atoms with Gasteiger partial charge in [0, 0.05) is 44.0 Å². The first-order chi connectivity index (χ1) is 26.1. The van der Waals surface area contributed by atoms with Crippen LogP contribution < -0.4 is 26.2 Å². The van der Waals surface area contributed by atoms with Crippen molar-refractivity contribution in [2.24, 2.45) is 7.05 Å². The van der Waals surface area contributed by atoms with Gasteiger partial charge in [0.25, 0.3) is 27.4 Å². The van der Waals surface area contributed by atoms with Crippen LogP contribution in [0.2, 0.25) is 0 Å². The zero-order valence-electron chi connectivity index (χ0n) is 31.6. The quantitative estimate of drug-likeness (QED) is 0.168. The van der Waals surface area contributed by atoms with Crippen LogP contribution in [0.3, 0.4) is 0 Å². The van der Waals surface area contributed by atoms with Gasteiger partial charge in [0.05, 0.1) is 27.9 Å². The SMILES string of the molecule is Cc1c(C)n(C)c(=O)n(-c2ccc(C[C@H](NC(=O)c3cc(F)c(NS(=O)(=O)c4ccc(N5C(=O)N(C)C(C)(C)C5=O)cc4)cc3F)C(=O)OC(C)C)cn2)c1=O. The standard InChI is InChI=1S/C37H39F2N7O9S/c1-19(2)55-33(49)29(15-22-9-14-30(40-18-22)46-32(48)20(3)21(4)43(7)35(46)51)41-31(47)25-16-27(39)28(17-26(25)38)42-56(53,54)24-12-10-23(11-13-24)45-34(50)37(5,6)44(8)36(45)52/h9-14,16-19,29,42H,15H2,1-8H3,(H,41,47)/t29-/m0/s1. The van der Waals surface area contributed by atoms with E-state index in [1.165, 1.54) is 54.0 Å². The Morgan fingerprint density at radius 2 is 1.59 bits per heavy atom. The molecule has 2 N–H and O–H groups in total. The zero-order valence-corrected chi connectivity index (χ0v) is 32.4. The van der Waals surface area contributed by atoms with Crippen molar-refractivity contribution >= 4 is 45.2 Å². The van der Waals surface area contributed by atoms with Crippen molar-refractivity contribution in [3.8, 4) is 5.82 Å². The Kier molecular flexibility index (Phi) is 11.1. The summed E-state index contributed by atoms with van der Waals surface area (Å²) in [6.07, 6.45) is 0.407. The van der Waals surface area contributed by atoms with E-state index < -0.39 is 90.6 Å². The number of halogens is 2. The number of imide groups is 1. The lowest BCUT2D eigenvalue weighted by atomic mass is 10.1. The van der Waals surface area contributed by atoms with Crippen LogP contribution in [0.4, 0.5) is 25.0 Å². The number of nitrogens with zero attached hydrogens (tertiary/aromatic N) is 5. The van der Waals surface area contributed by atoms with Crippen LogP contribution in [-0.2, 0) is 37.8 Å². The van der Waals surface area contributed by atoms with Crippen LogP contribution >= 0.6 is 0 Å². The lowest BCUT2D eigenvalue weighted by molar-refractivity contribution is -0.149. The largest absolute Gasteiger partial charge is 0.461 e. The lowest BCUT2D eigenvalue weighted by Gasteiger charge is -2.22. The van der Waals surface area contributed by atoms with E-state index in [1.807, 2.05) is 4.72 Å². The number of benzene rings is 2. The number of hydrogen-bond acceptors (Lipinski definition) is 10. The van der Waals surface area contributed by atoms with Crippen molar-refractivity contribution < 1.29 is 41.1 Å². The molecule has 0 unspecified atom stereocenters. The van der Waals surface area contributed by atoms with Crippen molar-refractivity contribution in [1.29, 1.82) is 0 Å². The van der Waals surface area contributed by atoms with Crippen molar-refractivity contribution in [2.45, 2.75) is 70.5 Å². The number of ether oxygens (including phenoxy) is 1. The number of hydrogen-bond donors (Lipinski definition) is 2. The predicted octanol–water partition coefficient (Wildman–Crippen LogP) is 3.10. The van der Waals surface area contributed by atoms with Crippen molar-refractivity contribution in [3.05, 3.63) is 110 Å². The molecule has 56 heavy (non-hydrogen) atoms. The van der Waals surface area contributed by atoms with Gasteiger partial charge < -0.3 is 19.5 Å². The topological polar surface area (TPSA) is 199 Å². The van der Waals surface area contributed by atoms with Crippen LogP contribution in [-0.4, -0.2) is 76.0 Å². The molecule has 0 radical (unpaired) electrons. The van der Waals surface area contributed by atoms with Gasteiger partial charge in [-0.3, -0.25) is 19.1 Å². The molecule has 3 heterocycles. The Morgan fingerprint density at radius 1 is 0.946 bits per heavy atom. The molecule has 1 atom stereocenters. The van der Waals surface area contributed by atoms with E-state index in [9.17, 15) is 37.2 Å². The van der Waals surface area contributed by atoms with Crippen LogP contribution in [0.1, 0.15) is 54.9 Å². The van der Waals surface area contributed by atoms with E-state index in [2.05, 4.69) is 10.3 Å². The molecule has 4 aromatic rings. The van der Waals surface area contributed by atoms with E-state index in [4.69, 9.17) is 4.74 Å². The first kappa shape index (κ1) is 40.9. The molecule has 0 bridgehead atoms. The summed E-state index contributed by atoms with van der Waals surface area (Å²) in [6, 6.07) is 6.25. The molecule has 1 aliphatic heterocycles. The molecule has 2 aromatic heterocycles. The maximum absolute atomic E-state index is 15.4. The predicted molar refractivity (Wildman–Crippen MR) is 199 cm³/mol. The van der Waals surface area contributed by atoms with Gasteiger partial charge in [-0.2, -0.15) is 0 Å². The summed E-state index contributed by atoms with van der Waals surface area (Å²) in [5.41, 5.74) is -2.76. The Bertz CT molecular complexity index is 2460. The number of esters is 1. The van der Waals surface area contributed by atoms with Gasteiger partial charge in [0.15, 0.2) is 0 Å². The fourth-order valence-corrected chi connectivity index (χ4v) is 6.76. The first-order valence-corrected chi connectivity index (χ1v) is 18.5. The molecule has 1 saturated heterocycles. The average Bonchev–Trinajstić information content (AvgIpc) is 3.29. The van der Waals surface area contributed by atoms with Crippen molar-refractivity contribution in [3.63, 3.8) is 0 Å². The first-order valence-electron chi connectivity index (χ1n) is 17.1. The normalized spacial score (nSPS) is 14.6. The summed E-state index contributed by atoms with van der Waals surface area (Å²) in [5, 5.41) is 2.33. The van der Waals surface area contributed by atoms with Gasteiger partial charge >= 0.3 is 17.7 Å². The van der Waals surface area contributed by atoms with Crippen LogP contribution in [0.15, 0.2) is 69.2 Å². The summed E-state index contributed by atoms with van der Waals surface area (Å²) in [5.74, 6) is -5.34. The summed E-state index contributed by atoms with van der Waals surface area (Å²) in [6.45, 7) is 9.44. The van der Waals surface area contributed by atoms with Gasteiger partial charge in [-0.1, -0.05) is 6.07 Å². The summed E-state index contributed by atoms with van der Waals surface area (Å²) >= 11 is 0. The molecule has 1 aliphatic rings. The number of nitrogens with one attached hydrogen (secondary N) is 2. The Morgan fingerprint density at radius 3 is 2.14 bits per heavy atom. The van der Waals surface area contributed by atoms with Gasteiger partial charge in [0.1, 0.15) is 29.0 Å². The highest BCUT2D eigenvalue weighted by Crippen LogP contribution is 2.31. The zero-order chi connectivity index (χ0) is 41.6. The number of sulfonamides is 1. The molecular weight excluding hydrogens is 757 g/mol. The lowest BCUT2D eigenvalue weighted by Crippen LogP contribution is -2.44. The molecule has 2 aromatic carbocycles. The number of aromatic nitrogens is 3. The minimum atomic E-state index is -4.56. The molecule has 1 fully saturated rings. The summed E-state index contributed by atoms with van der Waals surface area (Å²) in [4.78, 5) is 83.4. The number of likely N-dealkylation sites (N-methyl/N-ethyl adjacent to an activating group) is 1. The number of urea groups is 1. The van der Waals surface area contributed by atoms with E-state index in [1.54, 1.807) is 41.5 Å². The number of carbonyl (C=O) groups is 4. The van der Waals surface area contributed by atoms with E-state index in [0.717, 1.165) is 21.6 Å². The van der Waals surface area contributed by atoms with Gasteiger partial charge in [-0.15, -0.1) is 0 Å². The molecule has 0 spiro atoms. The number of anilines is 2. The van der Waals surface area contributed by atoms with Crippen LogP contribution in [0.5, 0.6) is 0 Å². The summed E-state index contributed by atoms with van der Waals surface area (Å²) in [7, 11) is -1.59. The van der Waals surface area contributed by atoms with Gasteiger partial charge in [0.2, 0.25) is 0 Å².